The van der Waals surface area contributed by atoms with Crippen molar-refractivity contribution in [1.82, 2.24) is 15.1 Å². The smallest absolute Gasteiger partial charge is 0.234 e. The summed E-state index contributed by atoms with van der Waals surface area (Å²) in [6, 6.07) is 7.43. The molecule has 154 valence electrons. The van der Waals surface area contributed by atoms with Crippen molar-refractivity contribution >= 4 is 5.91 Å². The van der Waals surface area contributed by atoms with Crippen molar-refractivity contribution in [2.75, 3.05) is 39.3 Å². The lowest BCUT2D eigenvalue weighted by molar-refractivity contribution is -0.122. The van der Waals surface area contributed by atoms with Crippen LogP contribution in [0.1, 0.15) is 56.9 Å². The van der Waals surface area contributed by atoms with Crippen LogP contribution >= 0.6 is 0 Å². The molecule has 3 fully saturated rings. The minimum Gasteiger partial charge on any atom is -0.354 e. The molecule has 1 N–H and O–H groups in total. The highest BCUT2D eigenvalue weighted by Gasteiger charge is 2.36. The first-order chi connectivity index (χ1) is 13.6. The first-order valence-corrected chi connectivity index (χ1v) is 11.1. The number of halogens is 1. The second kappa shape index (κ2) is 8.91. The van der Waals surface area contributed by atoms with Crippen molar-refractivity contribution in [2.45, 2.75) is 62.8 Å². The Labute approximate surface area is 168 Å². The van der Waals surface area contributed by atoms with Gasteiger partial charge in [0.15, 0.2) is 0 Å². The molecular weight excluding hydrogens is 353 g/mol. The Hall–Kier alpha value is -1.46. The highest BCUT2D eigenvalue weighted by atomic mass is 19.1. The number of benzene rings is 1. The molecule has 1 saturated carbocycles. The maximum absolute atomic E-state index is 13.3. The second-order valence-corrected chi connectivity index (χ2v) is 9.05. The van der Waals surface area contributed by atoms with E-state index in [1.54, 1.807) is 12.1 Å². The fourth-order valence-electron chi connectivity index (χ4n) is 5.50. The van der Waals surface area contributed by atoms with Gasteiger partial charge in [-0.15, -0.1) is 0 Å². The zero-order valence-electron chi connectivity index (χ0n) is 17.0. The van der Waals surface area contributed by atoms with Gasteiger partial charge in [0.2, 0.25) is 5.91 Å². The fourth-order valence-corrected chi connectivity index (χ4v) is 5.50. The summed E-state index contributed by atoms with van der Waals surface area (Å²) in [6.07, 6.45) is 9.54. The Morgan fingerprint density at radius 2 is 1.75 bits per heavy atom. The molecule has 0 spiro atoms. The molecule has 4 nitrogen and oxygen atoms in total. The Kier molecular flexibility index (Phi) is 6.32. The van der Waals surface area contributed by atoms with Crippen molar-refractivity contribution in [3.63, 3.8) is 0 Å². The first kappa shape index (κ1) is 19.8. The van der Waals surface area contributed by atoms with Gasteiger partial charge in [-0.1, -0.05) is 25.0 Å². The van der Waals surface area contributed by atoms with E-state index < -0.39 is 0 Å². The number of hydrogen-bond acceptors (Lipinski definition) is 3. The van der Waals surface area contributed by atoms with Gasteiger partial charge in [-0.05, 0) is 75.9 Å². The molecule has 5 heteroatoms. The number of rotatable bonds is 7. The Balaban J connectivity index is 1.32. The van der Waals surface area contributed by atoms with Crippen molar-refractivity contribution in [3.05, 3.63) is 35.6 Å². The summed E-state index contributed by atoms with van der Waals surface area (Å²) in [5.41, 5.74) is 1.14. The molecule has 1 atom stereocenters. The number of hydrogen-bond donors (Lipinski definition) is 1. The summed E-state index contributed by atoms with van der Waals surface area (Å²) < 4.78 is 13.3. The predicted molar refractivity (Wildman–Crippen MR) is 110 cm³/mol. The average Bonchev–Trinajstić information content (AvgIpc) is 3.45. The van der Waals surface area contributed by atoms with Crippen molar-refractivity contribution in [1.29, 1.82) is 0 Å². The Bertz CT molecular complexity index is 650. The third-order valence-electron chi connectivity index (χ3n) is 7.15. The number of nitrogens with one attached hydrogen (secondary N) is 1. The van der Waals surface area contributed by atoms with E-state index in [-0.39, 0.29) is 17.1 Å². The number of likely N-dealkylation sites (tertiary alicyclic amines) is 2. The molecular formula is C23H34FN3O. The van der Waals surface area contributed by atoms with Gasteiger partial charge in [-0.2, -0.15) is 0 Å². The molecule has 28 heavy (non-hydrogen) atoms. The van der Waals surface area contributed by atoms with Crippen LogP contribution in [0.2, 0.25) is 0 Å². The molecule has 2 saturated heterocycles. The molecule has 1 aromatic rings. The summed E-state index contributed by atoms with van der Waals surface area (Å²) in [7, 11) is 0. The normalized spacial score (nSPS) is 25.4. The van der Waals surface area contributed by atoms with Gasteiger partial charge in [0.05, 0.1) is 6.54 Å². The SMILES string of the molecule is O=C(CN1CCCC1CN1CCCC1)NCC1(c2ccc(F)cc2)CCCC1. The summed E-state index contributed by atoms with van der Waals surface area (Å²) in [4.78, 5) is 17.7. The van der Waals surface area contributed by atoms with Crippen molar-refractivity contribution in [3.8, 4) is 0 Å². The quantitative estimate of drug-likeness (QED) is 0.780. The first-order valence-electron chi connectivity index (χ1n) is 11.1. The van der Waals surface area contributed by atoms with Crippen LogP contribution in [-0.2, 0) is 10.2 Å². The number of nitrogens with zero attached hydrogens (tertiary/aromatic N) is 2. The van der Waals surface area contributed by atoms with Crippen LogP contribution < -0.4 is 5.32 Å². The van der Waals surface area contributed by atoms with Gasteiger partial charge < -0.3 is 10.2 Å². The molecule has 0 radical (unpaired) electrons. The van der Waals surface area contributed by atoms with Crippen LogP contribution in [0.25, 0.3) is 0 Å². The number of carbonyl (C=O) groups is 1. The van der Waals surface area contributed by atoms with E-state index in [2.05, 4.69) is 15.1 Å². The Morgan fingerprint density at radius 3 is 2.46 bits per heavy atom. The molecule has 2 aliphatic heterocycles. The Morgan fingerprint density at radius 1 is 1.04 bits per heavy atom. The molecule has 4 rings (SSSR count). The van der Waals surface area contributed by atoms with Gasteiger partial charge >= 0.3 is 0 Å². The summed E-state index contributed by atoms with van der Waals surface area (Å²) >= 11 is 0. The van der Waals surface area contributed by atoms with Crippen LogP contribution in [-0.4, -0.2) is 61.0 Å². The van der Waals surface area contributed by atoms with Crippen LogP contribution in [0.3, 0.4) is 0 Å². The molecule has 3 aliphatic rings. The molecule has 1 unspecified atom stereocenters. The third kappa shape index (κ3) is 4.57. The van der Waals surface area contributed by atoms with Crippen molar-refractivity contribution in [2.24, 2.45) is 0 Å². The van der Waals surface area contributed by atoms with Crippen LogP contribution in [0.5, 0.6) is 0 Å². The lowest BCUT2D eigenvalue weighted by atomic mass is 9.79. The van der Waals surface area contributed by atoms with Gasteiger partial charge in [0, 0.05) is 24.5 Å². The van der Waals surface area contributed by atoms with Gasteiger partial charge in [-0.3, -0.25) is 9.69 Å². The van der Waals surface area contributed by atoms with Gasteiger partial charge in [0.25, 0.3) is 0 Å². The summed E-state index contributed by atoms with van der Waals surface area (Å²) in [6.45, 7) is 5.77. The standard InChI is InChI=1S/C23H34FN3O/c24-20-9-7-19(8-10-20)23(11-1-2-12-23)18-25-22(28)17-27-15-5-6-21(27)16-26-13-3-4-14-26/h7-10,21H,1-6,11-18H2,(H,25,28). The van der Waals surface area contributed by atoms with Crippen LogP contribution in [0.15, 0.2) is 24.3 Å². The number of carbonyl (C=O) groups excluding carboxylic acids is 1. The fraction of sp³-hybridized carbons (Fsp3) is 0.696. The van der Waals surface area contributed by atoms with E-state index in [1.807, 2.05) is 12.1 Å². The molecule has 0 aromatic heterocycles. The number of amides is 1. The van der Waals surface area contributed by atoms with Crippen LogP contribution in [0, 0.1) is 5.82 Å². The zero-order chi connectivity index (χ0) is 19.4. The van der Waals surface area contributed by atoms with Crippen LogP contribution in [0.4, 0.5) is 4.39 Å². The molecule has 1 amide bonds. The van der Waals surface area contributed by atoms with Gasteiger partial charge in [0.1, 0.15) is 5.82 Å². The average molecular weight is 388 g/mol. The van der Waals surface area contributed by atoms with E-state index in [9.17, 15) is 9.18 Å². The lowest BCUT2D eigenvalue weighted by Gasteiger charge is -2.31. The maximum Gasteiger partial charge on any atom is 0.234 e. The van der Waals surface area contributed by atoms with E-state index in [0.29, 0.717) is 19.1 Å². The topological polar surface area (TPSA) is 35.6 Å². The third-order valence-corrected chi connectivity index (χ3v) is 7.15. The molecule has 2 heterocycles. The summed E-state index contributed by atoms with van der Waals surface area (Å²) in [5, 5.41) is 3.23. The highest BCUT2D eigenvalue weighted by Crippen LogP contribution is 2.40. The molecule has 1 aliphatic carbocycles. The second-order valence-electron chi connectivity index (χ2n) is 9.05. The summed E-state index contributed by atoms with van der Waals surface area (Å²) in [5.74, 6) is -0.0549. The zero-order valence-corrected chi connectivity index (χ0v) is 17.0. The molecule has 0 bridgehead atoms. The monoisotopic (exact) mass is 387 g/mol. The van der Waals surface area contributed by atoms with E-state index in [4.69, 9.17) is 0 Å². The minimum absolute atomic E-state index is 0.0245. The molecule has 1 aromatic carbocycles. The largest absolute Gasteiger partial charge is 0.354 e. The minimum atomic E-state index is -0.195. The van der Waals surface area contributed by atoms with E-state index in [0.717, 1.165) is 25.9 Å². The van der Waals surface area contributed by atoms with Gasteiger partial charge in [-0.25, -0.2) is 4.39 Å². The predicted octanol–water partition coefficient (Wildman–Crippen LogP) is 3.31. The van der Waals surface area contributed by atoms with Crippen molar-refractivity contribution < 1.29 is 9.18 Å². The maximum atomic E-state index is 13.3. The van der Waals surface area contributed by atoms with E-state index in [1.165, 1.54) is 57.2 Å². The lowest BCUT2D eigenvalue weighted by Crippen LogP contribution is -2.46. The van der Waals surface area contributed by atoms with E-state index >= 15 is 0 Å². The highest BCUT2D eigenvalue weighted by molar-refractivity contribution is 5.78.